The molecular weight excluding hydrogens is 182 g/mol. The van der Waals surface area contributed by atoms with E-state index in [1.54, 1.807) is 5.57 Å². The molecule has 1 aliphatic heterocycles. The van der Waals surface area contributed by atoms with E-state index in [9.17, 15) is 0 Å². The van der Waals surface area contributed by atoms with Crippen molar-refractivity contribution in [2.75, 3.05) is 20.1 Å². The molecule has 0 aliphatic carbocycles. The van der Waals surface area contributed by atoms with E-state index in [2.05, 4.69) is 49.2 Å². The molecule has 0 radical (unpaired) electrons. The first-order chi connectivity index (χ1) is 7.27. The fraction of sp³-hybridized carbons (Fsp3) is 0.429. The molecule has 1 fully saturated rings. The van der Waals surface area contributed by atoms with Crippen molar-refractivity contribution < 1.29 is 0 Å². The Balaban J connectivity index is 2.19. The third-order valence-electron chi connectivity index (χ3n) is 3.33. The number of nitrogens with zero attached hydrogens (tertiary/aromatic N) is 1. The number of benzene rings is 1. The molecular formula is C14H19N. The Morgan fingerprint density at radius 2 is 1.67 bits per heavy atom. The van der Waals surface area contributed by atoms with Crippen LogP contribution in [0.5, 0.6) is 0 Å². The minimum Gasteiger partial charge on any atom is -0.306 e. The van der Waals surface area contributed by atoms with E-state index in [4.69, 9.17) is 0 Å². The normalized spacial score (nSPS) is 17.9. The zero-order valence-electron chi connectivity index (χ0n) is 9.66. The minimum absolute atomic E-state index is 1.21. The lowest BCUT2D eigenvalue weighted by atomic mass is 9.94. The van der Waals surface area contributed by atoms with Crippen LogP contribution in [0, 0.1) is 0 Å². The molecule has 1 aromatic rings. The summed E-state index contributed by atoms with van der Waals surface area (Å²) >= 11 is 0. The summed E-state index contributed by atoms with van der Waals surface area (Å²) < 4.78 is 0. The zero-order chi connectivity index (χ0) is 10.7. The molecule has 80 valence electrons. The van der Waals surface area contributed by atoms with E-state index in [0.717, 1.165) is 0 Å². The Labute approximate surface area is 92.4 Å². The molecule has 0 bridgehead atoms. The molecule has 1 saturated heterocycles. The first kappa shape index (κ1) is 10.4. The second kappa shape index (κ2) is 4.63. The average molecular weight is 201 g/mol. The quantitative estimate of drug-likeness (QED) is 0.674. The van der Waals surface area contributed by atoms with E-state index < -0.39 is 0 Å². The molecule has 1 aliphatic rings. The molecule has 0 amide bonds. The number of hydrogen-bond donors (Lipinski definition) is 0. The highest BCUT2D eigenvalue weighted by molar-refractivity contribution is 5.67. The van der Waals surface area contributed by atoms with Gasteiger partial charge in [0.05, 0.1) is 0 Å². The topological polar surface area (TPSA) is 3.24 Å². The van der Waals surface area contributed by atoms with Crippen molar-refractivity contribution in [1.82, 2.24) is 4.90 Å². The van der Waals surface area contributed by atoms with Gasteiger partial charge in [0, 0.05) is 13.1 Å². The second-order valence-electron chi connectivity index (χ2n) is 4.40. The zero-order valence-corrected chi connectivity index (χ0v) is 9.66. The van der Waals surface area contributed by atoms with Crippen molar-refractivity contribution in [2.24, 2.45) is 0 Å². The highest BCUT2D eigenvalue weighted by Gasteiger charge is 2.12. The largest absolute Gasteiger partial charge is 0.306 e. The third-order valence-corrected chi connectivity index (χ3v) is 3.33. The van der Waals surface area contributed by atoms with Crippen molar-refractivity contribution in [2.45, 2.75) is 19.8 Å². The number of likely N-dealkylation sites (tertiary alicyclic amines) is 1. The SMILES string of the molecule is CC(=C1CCN(C)CC1)c1ccccc1. The first-order valence-corrected chi connectivity index (χ1v) is 5.70. The van der Waals surface area contributed by atoms with Crippen molar-refractivity contribution in [1.29, 1.82) is 0 Å². The molecule has 1 heteroatoms. The van der Waals surface area contributed by atoms with Crippen LogP contribution in [0.1, 0.15) is 25.3 Å². The van der Waals surface area contributed by atoms with Gasteiger partial charge in [0.25, 0.3) is 0 Å². The summed E-state index contributed by atoms with van der Waals surface area (Å²) in [7, 11) is 2.20. The summed E-state index contributed by atoms with van der Waals surface area (Å²) in [6, 6.07) is 10.7. The van der Waals surface area contributed by atoms with Crippen LogP contribution >= 0.6 is 0 Å². The summed E-state index contributed by atoms with van der Waals surface area (Å²) in [5.74, 6) is 0. The molecule has 2 rings (SSSR count). The lowest BCUT2D eigenvalue weighted by molar-refractivity contribution is 0.313. The van der Waals surface area contributed by atoms with Gasteiger partial charge < -0.3 is 4.90 Å². The van der Waals surface area contributed by atoms with Gasteiger partial charge in [-0.3, -0.25) is 0 Å². The predicted molar refractivity (Wildman–Crippen MR) is 65.8 cm³/mol. The smallest absolute Gasteiger partial charge is 0.00159 e. The maximum atomic E-state index is 2.40. The molecule has 0 unspecified atom stereocenters. The lowest BCUT2D eigenvalue weighted by Crippen LogP contribution is -2.26. The molecule has 15 heavy (non-hydrogen) atoms. The van der Waals surface area contributed by atoms with Crippen molar-refractivity contribution in [3.05, 3.63) is 41.5 Å². The summed E-state index contributed by atoms with van der Waals surface area (Å²) in [6.45, 7) is 4.68. The molecule has 1 aromatic carbocycles. The number of hydrogen-bond acceptors (Lipinski definition) is 1. The fourth-order valence-electron chi connectivity index (χ4n) is 2.16. The first-order valence-electron chi connectivity index (χ1n) is 5.70. The molecule has 0 aromatic heterocycles. The predicted octanol–water partition coefficient (Wildman–Crippen LogP) is 3.19. The van der Waals surface area contributed by atoms with E-state index in [-0.39, 0.29) is 0 Å². The van der Waals surface area contributed by atoms with Gasteiger partial charge in [-0.1, -0.05) is 35.9 Å². The molecule has 0 spiro atoms. The van der Waals surface area contributed by atoms with Gasteiger partial charge in [-0.25, -0.2) is 0 Å². The summed E-state index contributed by atoms with van der Waals surface area (Å²) in [4.78, 5) is 2.40. The number of piperidine rings is 1. The van der Waals surface area contributed by atoms with Crippen LogP contribution in [-0.4, -0.2) is 25.0 Å². The Bertz CT molecular complexity index is 341. The van der Waals surface area contributed by atoms with Crippen LogP contribution < -0.4 is 0 Å². The standard InChI is InChI=1S/C14H19N/c1-12(13-6-4-3-5-7-13)14-8-10-15(2)11-9-14/h3-7H,8-11H2,1-2H3. The highest BCUT2D eigenvalue weighted by atomic mass is 15.1. The second-order valence-corrected chi connectivity index (χ2v) is 4.40. The Hall–Kier alpha value is -1.08. The molecule has 1 nitrogen and oxygen atoms in total. The monoisotopic (exact) mass is 201 g/mol. The highest BCUT2D eigenvalue weighted by Crippen LogP contribution is 2.25. The van der Waals surface area contributed by atoms with Crippen molar-refractivity contribution >= 4 is 5.57 Å². The van der Waals surface area contributed by atoms with Crippen LogP contribution in [0.4, 0.5) is 0 Å². The van der Waals surface area contributed by atoms with Gasteiger partial charge >= 0.3 is 0 Å². The van der Waals surface area contributed by atoms with Crippen LogP contribution in [0.25, 0.3) is 5.57 Å². The van der Waals surface area contributed by atoms with Crippen molar-refractivity contribution in [3.63, 3.8) is 0 Å². The van der Waals surface area contributed by atoms with Gasteiger partial charge in [-0.15, -0.1) is 0 Å². The molecule has 0 N–H and O–H groups in total. The Morgan fingerprint density at radius 3 is 2.27 bits per heavy atom. The number of rotatable bonds is 1. The van der Waals surface area contributed by atoms with Crippen LogP contribution in [0.3, 0.4) is 0 Å². The summed E-state index contributed by atoms with van der Waals surface area (Å²) in [5.41, 5.74) is 4.51. The van der Waals surface area contributed by atoms with E-state index >= 15 is 0 Å². The van der Waals surface area contributed by atoms with Gasteiger partial charge in [0.15, 0.2) is 0 Å². The van der Waals surface area contributed by atoms with E-state index in [1.165, 1.54) is 37.1 Å². The lowest BCUT2D eigenvalue weighted by Gasteiger charge is -2.25. The van der Waals surface area contributed by atoms with Gasteiger partial charge in [-0.2, -0.15) is 0 Å². The maximum absolute atomic E-state index is 2.40. The van der Waals surface area contributed by atoms with Crippen LogP contribution in [-0.2, 0) is 0 Å². The molecule has 0 saturated carbocycles. The van der Waals surface area contributed by atoms with Crippen molar-refractivity contribution in [3.8, 4) is 0 Å². The van der Waals surface area contributed by atoms with E-state index in [1.807, 2.05) is 0 Å². The van der Waals surface area contributed by atoms with Gasteiger partial charge in [-0.05, 0) is 37.9 Å². The minimum atomic E-state index is 1.21. The molecule has 0 atom stereocenters. The summed E-state index contributed by atoms with van der Waals surface area (Å²) in [5, 5.41) is 0. The average Bonchev–Trinajstić information content (AvgIpc) is 2.30. The Kier molecular flexibility index (Phi) is 3.22. The fourth-order valence-corrected chi connectivity index (χ4v) is 2.16. The molecule has 1 heterocycles. The van der Waals surface area contributed by atoms with Crippen LogP contribution in [0.15, 0.2) is 35.9 Å². The van der Waals surface area contributed by atoms with E-state index in [0.29, 0.717) is 0 Å². The van der Waals surface area contributed by atoms with Gasteiger partial charge in [0.2, 0.25) is 0 Å². The maximum Gasteiger partial charge on any atom is 0.00159 e. The summed E-state index contributed by atoms with van der Waals surface area (Å²) in [6.07, 6.45) is 2.47. The Morgan fingerprint density at radius 1 is 1.07 bits per heavy atom. The third kappa shape index (κ3) is 2.48. The van der Waals surface area contributed by atoms with Gasteiger partial charge in [0.1, 0.15) is 0 Å². The number of allylic oxidation sites excluding steroid dienone is 1. The van der Waals surface area contributed by atoms with Crippen LogP contribution in [0.2, 0.25) is 0 Å².